The minimum absolute atomic E-state index is 0.193. The molecule has 1 amide bonds. The molecule has 0 aliphatic carbocycles. The molecule has 2 heteroatoms. The second-order valence-electron chi connectivity index (χ2n) is 3.68. The minimum Gasteiger partial charge on any atom is -0.370 e. The van der Waals surface area contributed by atoms with Gasteiger partial charge in [-0.2, -0.15) is 0 Å². The van der Waals surface area contributed by atoms with Crippen LogP contribution in [0.2, 0.25) is 0 Å². The van der Waals surface area contributed by atoms with Crippen molar-refractivity contribution in [3.8, 4) is 0 Å². The van der Waals surface area contributed by atoms with Crippen molar-refractivity contribution in [3.63, 3.8) is 0 Å². The van der Waals surface area contributed by atoms with Gasteiger partial charge in [-0.1, -0.05) is 38.3 Å². The summed E-state index contributed by atoms with van der Waals surface area (Å²) in [5.74, 6) is -0.193. The molecular weight excluding hydrogens is 174 g/mol. The van der Waals surface area contributed by atoms with E-state index in [4.69, 9.17) is 5.73 Å². The maximum absolute atomic E-state index is 10.4. The summed E-state index contributed by atoms with van der Waals surface area (Å²) in [5, 5.41) is 0. The number of hydrogen-bond donors (Lipinski definition) is 1. The van der Waals surface area contributed by atoms with Crippen LogP contribution in [-0.2, 0) is 4.79 Å². The monoisotopic (exact) mass is 197 g/mol. The van der Waals surface area contributed by atoms with Gasteiger partial charge in [-0.25, -0.2) is 0 Å². The molecule has 0 rings (SSSR count). The summed E-state index contributed by atoms with van der Waals surface area (Å²) in [5.41, 5.74) is 5.03. The lowest BCUT2D eigenvalue weighted by atomic mass is 10.1. The normalized spacial score (nSPS) is 10.9. The number of rotatable bonds is 9. The highest BCUT2D eigenvalue weighted by molar-refractivity contribution is 5.73. The van der Waals surface area contributed by atoms with E-state index in [0.29, 0.717) is 6.42 Å². The van der Waals surface area contributed by atoms with Crippen molar-refractivity contribution >= 4 is 5.91 Å². The van der Waals surface area contributed by atoms with E-state index in [1.165, 1.54) is 32.1 Å². The smallest absolute Gasteiger partial charge is 0.217 e. The van der Waals surface area contributed by atoms with Gasteiger partial charge in [-0.15, -0.1) is 0 Å². The summed E-state index contributed by atoms with van der Waals surface area (Å²) < 4.78 is 0. The standard InChI is InChI=1S/C12H23NO/c1-2-3-4-5-6-7-8-9-10-11-12(13)14/h7-8H,2-6,9-11H2,1H3,(H2,13,14)/b8-7-. The second kappa shape index (κ2) is 10.3. The number of hydrogen-bond acceptors (Lipinski definition) is 1. The molecule has 0 radical (unpaired) electrons. The van der Waals surface area contributed by atoms with Gasteiger partial charge in [-0.3, -0.25) is 4.79 Å². The average molecular weight is 197 g/mol. The number of nitrogens with two attached hydrogens (primary N) is 1. The third kappa shape index (κ3) is 11.2. The van der Waals surface area contributed by atoms with E-state index in [9.17, 15) is 4.79 Å². The number of allylic oxidation sites excluding steroid dienone is 2. The zero-order chi connectivity index (χ0) is 10.6. The molecular formula is C12H23NO. The van der Waals surface area contributed by atoms with Crippen molar-refractivity contribution in [1.29, 1.82) is 0 Å². The van der Waals surface area contributed by atoms with E-state index < -0.39 is 0 Å². The molecule has 0 aromatic rings. The van der Waals surface area contributed by atoms with Gasteiger partial charge in [0.05, 0.1) is 0 Å². The molecule has 2 N–H and O–H groups in total. The van der Waals surface area contributed by atoms with Gasteiger partial charge in [0.15, 0.2) is 0 Å². The summed E-state index contributed by atoms with van der Waals surface area (Å²) in [6.45, 7) is 2.22. The van der Waals surface area contributed by atoms with Gasteiger partial charge >= 0.3 is 0 Å². The molecule has 14 heavy (non-hydrogen) atoms. The SMILES string of the molecule is CCCCCC/C=C\CCCC(N)=O. The maximum Gasteiger partial charge on any atom is 0.217 e. The van der Waals surface area contributed by atoms with Crippen LogP contribution >= 0.6 is 0 Å². The molecule has 0 aliphatic rings. The summed E-state index contributed by atoms with van der Waals surface area (Å²) in [4.78, 5) is 10.4. The van der Waals surface area contributed by atoms with Gasteiger partial charge < -0.3 is 5.73 Å². The van der Waals surface area contributed by atoms with E-state index in [-0.39, 0.29) is 5.91 Å². The Morgan fingerprint density at radius 1 is 1.07 bits per heavy atom. The molecule has 0 fully saturated rings. The lowest BCUT2D eigenvalue weighted by Crippen LogP contribution is -2.09. The van der Waals surface area contributed by atoms with Crippen LogP contribution in [0.3, 0.4) is 0 Å². The molecule has 0 saturated heterocycles. The van der Waals surface area contributed by atoms with E-state index in [0.717, 1.165) is 12.8 Å². The van der Waals surface area contributed by atoms with Crippen LogP contribution in [0.1, 0.15) is 58.3 Å². The van der Waals surface area contributed by atoms with Gasteiger partial charge in [0.1, 0.15) is 0 Å². The molecule has 0 aliphatic heterocycles. The van der Waals surface area contributed by atoms with E-state index in [1.807, 2.05) is 0 Å². The third-order valence-electron chi connectivity index (χ3n) is 2.18. The lowest BCUT2D eigenvalue weighted by molar-refractivity contribution is -0.118. The number of primary amides is 1. The Balaban J connectivity index is 3.07. The fourth-order valence-corrected chi connectivity index (χ4v) is 1.32. The highest BCUT2D eigenvalue weighted by Crippen LogP contribution is 2.04. The van der Waals surface area contributed by atoms with Crippen molar-refractivity contribution in [1.82, 2.24) is 0 Å². The second-order valence-corrected chi connectivity index (χ2v) is 3.68. The van der Waals surface area contributed by atoms with Crippen LogP contribution in [-0.4, -0.2) is 5.91 Å². The Kier molecular flexibility index (Phi) is 9.71. The molecule has 0 aromatic heterocycles. The van der Waals surface area contributed by atoms with E-state index in [1.54, 1.807) is 0 Å². The molecule has 2 nitrogen and oxygen atoms in total. The number of carbonyl (C=O) groups is 1. The molecule has 82 valence electrons. The molecule has 0 saturated carbocycles. The van der Waals surface area contributed by atoms with E-state index >= 15 is 0 Å². The molecule has 0 atom stereocenters. The zero-order valence-electron chi connectivity index (χ0n) is 9.30. The van der Waals surface area contributed by atoms with E-state index in [2.05, 4.69) is 19.1 Å². The van der Waals surface area contributed by atoms with Gasteiger partial charge in [0.25, 0.3) is 0 Å². The zero-order valence-corrected chi connectivity index (χ0v) is 9.30. The predicted octanol–water partition coefficient (Wildman–Crippen LogP) is 3.17. The molecule has 0 spiro atoms. The first-order valence-corrected chi connectivity index (χ1v) is 5.70. The third-order valence-corrected chi connectivity index (χ3v) is 2.18. The summed E-state index contributed by atoms with van der Waals surface area (Å²) in [7, 11) is 0. The van der Waals surface area contributed by atoms with Crippen LogP contribution in [0.5, 0.6) is 0 Å². The molecule has 0 heterocycles. The highest BCUT2D eigenvalue weighted by atomic mass is 16.1. The quantitative estimate of drug-likeness (QED) is 0.448. The first-order valence-electron chi connectivity index (χ1n) is 5.70. The Hall–Kier alpha value is -0.790. The molecule has 0 unspecified atom stereocenters. The van der Waals surface area contributed by atoms with Crippen molar-refractivity contribution in [2.24, 2.45) is 5.73 Å². The Morgan fingerprint density at radius 2 is 1.71 bits per heavy atom. The molecule has 0 bridgehead atoms. The first-order chi connectivity index (χ1) is 6.77. The highest BCUT2D eigenvalue weighted by Gasteiger charge is 1.90. The van der Waals surface area contributed by atoms with Gasteiger partial charge in [-0.05, 0) is 25.7 Å². The summed E-state index contributed by atoms with van der Waals surface area (Å²) in [6, 6.07) is 0. The van der Waals surface area contributed by atoms with Crippen molar-refractivity contribution in [3.05, 3.63) is 12.2 Å². The van der Waals surface area contributed by atoms with Gasteiger partial charge in [0, 0.05) is 6.42 Å². The van der Waals surface area contributed by atoms with Crippen LogP contribution in [0.15, 0.2) is 12.2 Å². The summed E-state index contributed by atoms with van der Waals surface area (Å²) >= 11 is 0. The van der Waals surface area contributed by atoms with Crippen LogP contribution in [0.25, 0.3) is 0 Å². The topological polar surface area (TPSA) is 43.1 Å². The van der Waals surface area contributed by atoms with Gasteiger partial charge in [0.2, 0.25) is 5.91 Å². The Bertz CT molecular complexity index is 164. The van der Waals surface area contributed by atoms with Crippen LogP contribution in [0.4, 0.5) is 0 Å². The van der Waals surface area contributed by atoms with Crippen LogP contribution in [0, 0.1) is 0 Å². The van der Waals surface area contributed by atoms with Crippen molar-refractivity contribution < 1.29 is 4.79 Å². The molecule has 0 aromatic carbocycles. The predicted molar refractivity (Wildman–Crippen MR) is 60.9 cm³/mol. The van der Waals surface area contributed by atoms with Crippen molar-refractivity contribution in [2.75, 3.05) is 0 Å². The number of amides is 1. The fourth-order valence-electron chi connectivity index (χ4n) is 1.32. The Morgan fingerprint density at radius 3 is 2.29 bits per heavy atom. The van der Waals surface area contributed by atoms with Crippen LogP contribution < -0.4 is 5.73 Å². The Labute approximate surface area is 87.6 Å². The minimum atomic E-state index is -0.193. The number of unbranched alkanes of at least 4 members (excludes halogenated alkanes) is 5. The number of carbonyl (C=O) groups excluding carboxylic acids is 1. The maximum atomic E-state index is 10.4. The average Bonchev–Trinajstić information content (AvgIpc) is 2.15. The summed E-state index contributed by atoms with van der Waals surface area (Å²) in [6.07, 6.45) is 13.2. The first kappa shape index (κ1) is 13.2. The fraction of sp³-hybridized carbons (Fsp3) is 0.750. The largest absolute Gasteiger partial charge is 0.370 e. The van der Waals surface area contributed by atoms with Crippen molar-refractivity contribution in [2.45, 2.75) is 58.3 Å². The lowest BCUT2D eigenvalue weighted by Gasteiger charge is -1.94.